The summed E-state index contributed by atoms with van der Waals surface area (Å²) in [5, 5.41) is 9.76. The summed E-state index contributed by atoms with van der Waals surface area (Å²) in [5.41, 5.74) is 3.74. The number of aliphatic hydroxyl groups is 1. The second-order valence-corrected chi connectivity index (χ2v) is 3.96. The molecule has 0 bridgehead atoms. The predicted molar refractivity (Wildman–Crippen MR) is 55.3 cm³/mol. The Hall–Kier alpha value is -0.860. The van der Waals surface area contributed by atoms with E-state index in [1.807, 2.05) is 0 Å². The molecule has 1 aromatic rings. The Morgan fingerprint density at radius 2 is 2.21 bits per heavy atom. The molecule has 2 heteroatoms. The monoisotopic (exact) mass is 192 g/mol. The summed E-state index contributed by atoms with van der Waals surface area (Å²) in [6.07, 6.45) is 1.27. The molecule has 1 aliphatic carbocycles. The molecule has 0 saturated carbocycles. The van der Waals surface area contributed by atoms with Crippen molar-refractivity contribution < 1.29 is 9.84 Å². The Morgan fingerprint density at radius 1 is 1.43 bits per heavy atom. The number of methoxy groups -OCH3 is 1. The van der Waals surface area contributed by atoms with Gasteiger partial charge in [0.15, 0.2) is 0 Å². The summed E-state index contributed by atoms with van der Waals surface area (Å²) < 4.78 is 5.32. The van der Waals surface area contributed by atoms with Crippen LogP contribution in [0.5, 0.6) is 0 Å². The van der Waals surface area contributed by atoms with E-state index in [9.17, 15) is 5.11 Å². The molecule has 0 heterocycles. The van der Waals surface area contributed by atoms with Gasteiger partial charge in [-0.3, -0.25) is 0 Å². The lowest BCUT2D eigenvalue weighted by atomic mass is 9.86. The van der Waals surface area contributed by atoms with E-state index in [0.29, 0.717) is 0 Å². The Bertz CT molecular complexity index is 333. The minimum atomic E-state index is -0.352. The Kier molecular flexibility index (Phi) is 2.57. The number of hydrogen-bond acceptors (Lipinski definition) is 2. The molecule has 0 radical (unpaired) electrons. The van der Waals surface area contributed by atoms with Crippen molar-refractivity contribution >= 4 is 0 Å². The minimum Gasteiger partial charge on any atom is -0.390 e. The fourth-order valence-electron chi connectivity index (χ4n) is 2.17. The molecule has 1 aliphatic rings. The van der Waals surface area contributed by atoms with Crippen molar-refractivity contribution in [2.75, 3.05) is 7.11 Å². The maximum absolute atomic E-state index is 9.76. The van der Waals surface area contributed by atoms with E-state index < -0.39 is 0 Å². The van der Waals surface area contributed by atoms with Crippen molar-refractivity contribution in [3.63, 3.8) is 0 Å². The SMILES string of the molecule is CO[C@H]1c2ccc(C)cc2CC[C@@H]1O. The molecule has 14 heavy (non-hydrogen) atoms. The highest BCUT2D eigenvalue weighted by atomic mass is 16.5. The van der Waals surface area contributed by atoms with E-state index in [2.05, 4.69) is 25.1 Å². The van der Waals surface area contributed by atoms with Gasteiger partial charge < -0.3 is 9.84 Å². The molecule has 2 nitrogen and oxygen atoms in total. The molecule has 0 fully saturated rings. The predicted octanol–water partition coefficient (Wildman–Crippen LogP) is 1.99. The number of fused-ring (bicyclic) bond motifs is 1. The molecule has 0 unspecified atom stereocenters. The second kappa shape index (κ2) is 3.71. The van der Waals surface area contributed by atoms with E-state index in [1.54, 1.807) is 7.11 Å². The highest BCUT2D eigenvalue weighted by Crippen LogP contribution is 2.32. The van der Waals surface area contributed by atoms with Crippen molar-refractivity contribution in [3.05, 3.63) is 34.9 Å². The van der Waals surface area contributed by atoms with Crippen LogP contribution in [0.25, 0.3) is 0 Å². The maximum atomic E-state index is 9.76. The van der Waals surface area contributed by atoms with Crippen LogP contribution in [0.2, 0.25) is 0 Å². The van der Waals surface area contributed by atoms with Gasteiger partial charge in [-0.25, -0.2) is 0 Å². The summed E-state index contributed by atoms with van der Waals surface area (Å²) in [7, 11) is 1.66. The minimum absolute atomic E-state index is 0.139. The molecule has 1 aromatic carbocycles. The first-order chi connectivity index (χ1) is 6.72. The lowest BCUT2D eigenvalue weighted by Gasteiger charge is -2.29. The summed E-state index contributed by atoms with van der Waals surface area (Å²) in [4.78, 5) is 0. The van der Waals surface area contributed by atoms with Crippen LogP contribution in [0.15, 0.2) is 18.2 Å². The molecular weight excluding hydrogens is 176 g/mol. The molecular formula is C12H16O2. The fourth-order valence-corrected chi connectivity index (χ4v) is 2.17. The number of hydrogen-bond donors (Lipinski definition) is 1. The van der Waals surface area contributed by atoms with Gasteiger partial charge in [-0.05, 0) is 30.9 Å². The number of aryl methyl sites for hydroxylation is 2. The normalized spacial score (nSPS) is 25.9. The van der Waals surface area contributed by atoms with Crippen LogP contribution in [0.1, 0.15) is 29.2 Å². The summed E-state index contributed by atoms with van der Waals surface area (Å²) >= 11 is 0. The van der Waals surface area contributed by atoms with Gasteiger partial charge in [0.05, 0.1) is 6.10 Å². The smallest absolute Gasteiger partial charge is 0.108 e. The summed E-state index contributed by atoms with van der Waals surface area (Å²) in [5.74, 6) is 0. The van der Waals surface area contributed by atoms with Crippen molar-refractivity contribution in [1.29, 1.82) is 0 Å². The average molecular weight is 192 g/mol. The lowest BCUT2D eigenvalue weighted by Crippen LogP contribution is -2.26. The zero-order valence-electron chi connectivity index (χ0n) is 8.66. The molecule has 0 aromatic heterocycles. The highest BCUT2D eigenvalue weighted by Gasteiger charge is 2.27. The fraction of sp³-hybridized carbons (Fsp3) is 0.500. The first-order valence-electron chi connectivity index (χ1n) is 5.02. The van der Waals surface area contributed by atoms with Crippen molar-refractivity contribution in [3.8, 4) is 0 Å². The van der Waals surface area contributed by atoms with Crippen LogP contribution in [0.3, 0.4) is 0 Å². The molecule has 0 spiro atoms. The van der Waals surface area contributed by atoms with Crippen molar-refractivity contribution in [1.82, 2.24) is 0 Å². The van der Waals surface area contributed by atoms with Crippen LogP contribution in [0, 0.1) is 6.92 Å². The Morgan fingerprint density at radius 3 is 2.93 bits per heavy atom. The second-order valence-electron chi connectivity index (χ2n) is 3.96. The van der Waals surface area contributed by atoms with E-state index in [0.717, 1.165) is 18.4 Å². The lowest BCUT2D eigenvalue weighted by molar-refractivity contribution is -0.0233. The number of ether oxygens (including phenoxy) is 1. The van der Waals surface area contributed by atoms with Gasteiger partial charge >= 0.3 is 0 Å². The standard InChI is InChI=1S/C12H16O2/c1-8-3-5-10-9(7-8)4-6-11(13)12(10)14-2/h3,5,7,11-13H,4,6H2,1-2H3/t11-,12-/m0/s1. The Labute approximate surface area is 84.5 Å². The molecule has 76 valence electrons. The van der Waals surface area contributed by atoms with E-state index in [-0.39, 0.29) is 12.2 Å². The third-order valence-corrected chi connectivity index (χ3v) is 2.92. The summed E-state index contributed by atoms with van der Waals surface area (Å²) in [6, 6.07) is 6.33. The molecule has 0 saturated heterocycles. The summed E-state index contributed by atoms with van der Waals surface area (Å²) in [6.45, 7) is 2.09. The molecule has 2 rings (SSSR count). The molecule has 0 amide bonds. The number of benzene rings is 1. The number of aliphatic hydroxyl groups excluding tert-OH is 1. The maximum Gasteiger partial charge on any atom is 0.108 e. The quantitative estimate of drug-likeness (QED) is 0.737. The van der Waals surface area contributed by atoms with Crippen LogP contribution < -0.4 is 0 Å². The van der Waals surface area contributed by atoms with Gasteiger partial charge in [-0.2, -0.15) is 0 Å². The van der Waals surface area contributed by atoms with Crippen LogP contribution >= 0.6 is 0 Å². The zero-order valence-corrected chi connectivity index (χ0v) is 8.66. The number of rotatable bonds is 1. The molecule has 2 atom stereocenters. The van der Waals surface area contributed by atoms with Crippen LogP contribution in [-0.4, -0.2) is 18.3 Å². The van der Waals surface area contributed by atoms with Gasteiger partial charge in [0, 0.05) is 7.11 Å². The zero-order chi connectivity index (χ0) is 10.1. The Balaban J connectivity index is 2.41. The molecule has 0 aliphatic heterocycles. The third kappa shape index (κ3) is 1.56. The molecule has 1 N–H and O–H groups in total. The van der Waals surface area contributed by atoms with Gasteiger partial charge in [0.25, 0.3) is 0 Å². The third-order valence-electron chi connectivity index (χ3n) is 2.92. The van der Waals surface area contributed by atoms with E-state index in [1.165, 1.54) is 11.1 Å². The highest BCUT2D eigenvalue weighted by molar-refractivity contribution is 5.35. The van der Waals surface area contributed by atoms with Gasteiger partial charge in [0.2, 0.25) is 0 Å². The van der Waals surface area contributed by atoms with E-state index >= 15 is 0 Å². The van der Waals surface area contributed by atoms with E-state index in [4.69, 9.17) is 4.74 Å². The average Bonchev–Trinajstić information content (AvgIpc) is 2.18. The first kappa shape index (κ1) is 9.69. The van der Waals surface area contributed by atoms with Crippen molar-refractivity contribution in [2.24, 2.45) is 0 Å². The van der Waals surface area contributed by atoms with Gasteiger partial charge in [-0.15, -0.1) is 0 Å². The van der Waals surface area contributed by atoms with Gasteiger partial charge in [0.1, 0.15) is 6.10 Å². The van der Waals surface area contributed by atoms with Crippen LogP contribution in [-0.2, 0) is 11.2 Å². The first-order valence-corrected chi connectivity index (χ1v) is 5.02. The van der Waals surface area contributed by atoms with Gasteiger partial charge in [-0.1, -0.05) is 23.8 Å². The largest absolute Gasteiger partial charge is 0.390 e. The van der Waals surface area contributed by atoms with Crippen molar-refractivity contribution in [2.45, 2.75) is 32.0 Å². The van der Waals surface area contributed by atoms with Crippen LogP contribution in [0.4, 0.5) is 0 Å². The topological polar surface area (TPSA) is 29.5 Å².